The van der Waals surface area contributed by atoms with Gasteiger partial charge >= 0.3 is 0 Å². The third-order valence-corrected chi connectivity index (χ3v) is 2.55. The third kappa shape index (κ3) is 3.44. The fraction of sp³-hybridized carbons (Fsp3) is 0.250. The number of hydrogen-bond acceptors (Lipinski definition) is 5. The van der Waals surface area contributed by atoms with Gasteiger partial charge in [-0.2, -0.15) is 4.98 Å². The van der Waals surface area contributed by atoms with Gasteiger partial charge in [0, 0.05) is 6.54 Å². The van der Waals surface area contributed by atoms with Crippen LogP contribution >= 0.6 is 0 Å². The summed E-state index contributed by atoms with van der Waals surface area (Å²) in [7, 11) is 1.62. The van der Waals surface area contributed by atoms with E-state index in [9.17, 15) is 4.79 Å². The summed E-state index contributed by atoms with van der Waals surface area (Å²) in [5, 5.41) is 8.77. The molecule has 7 nitrogen and oxygen atoms in total. The Hall–Kier alpha value is -2.57. The molecular formula is C12H15N5O2. The molecule has 2 aromatic rings. The molecule has 0 bridgehead atoms. The van der Waals surface area contributed by atoms with E-state index in [0.717, 1.165) is 11.3 Å². The van der Waals surface area contributed by atoms with Gasteiger partial charge < -0.3 is 15.8 Å². The number of nitrogens with two attached hydrogens (primary N) is 1. The van der Waals surface area contributed by atoms with Gasteiger partial charge in [0.1, 0.15) is 5.75 Å². The van der Waals surface area contributed by atoms with Crippen molar-refractivity contribution in [3.8, 4) is 5.75 Å². The van der Waals surface area contributed by atoms with Gasteiger partial charge in [-0.15, -0.1) is 5.10 Å². The molecule has 0 saturated carbocycles. The van der Waals surface area contributed by atoms with Crippen LogP contribution in [0.25, 0.3) is 0 Å². The molecule has 1 aromatic heterocycles. The average Bonchev–Trinajstić information content (AvgIpc) is 2.86. The molecule has 2 rings (SSSR count). The maximum atomic E-state index is 11.6. The second kappa shape index (κ2) is 5.85. The van der Waals surface area contributed by atoms with Gasteiger partial charge in [0.2, 0.25) is 11.8 Å². The van der Waals surface area contributed by atoms with E-state index in [0.29, 0.717) is 13.0 Å². The summed E-state index contributed by atoms with van der Waals surface area (Å²) < 4.78 is 5.13. The smallest absolute Gasteiger partial charge is 0.288 e. The van der Waals surface area contributed by atoms with Crippen LogP contribution in [0.2, 0.25) is 0 Å². The Balaban J connectivity index is 1.84. The van der Waals surface area contributed by atoms with E-state index >= 15 is 0 Å². The quantitative estimate of drug-likeness (QED) is 0.721. The molecule has 0 aliphatic heterocycles. The Morgan fingerprint density at radius 2 is 2.37 bits per heavy atom. The summed E-state index contributed by atoms with van der Waals surface area (Å²) in [6.45, 7) is 0.493. The first-order valence-electron chi connectivity index (χ1n) is 5.78. The Labute approximate surface area is 110 Å². The number of anilines is 1. The fourth-order valence-electron chi connectivity index (χ4n) is 1.61. The molecule has 0 atom stereocenters. The van der Waals surface area contributed by atoms with E-state index in [2.05, 4.69) is 20.5 Å². The summed E-state index contributed by atoms with van der Waals surface area (Å²) in [6.07, 6.45) is 0.701. The summed E-state index contributed by atoms with van der Waals surface area (Å²) in [5.41, 5.74) is 6.40. The van der Waals surface area contributed by atoms with Crippen molar-refractivity contribution in [3.63, 3.8) is 0 Å². The molecule has 0 aliphatic carbocycles. The van der Waals surface area contributed by atoms with Crippen molar-refractivity contribution in [2.45, 2.75) is 6.42 Å². The standard InChI is InChI=1S/C12H15N5O2/c1-19-9-4-2-3-8(7-9)5-6-14-11(18)10-15-12(13)17-16-10/h2-4,7H,5-6H2,1H3,(H,14,18)(H3,13,15,16,17). The molecule has 1 aromatic carbocycles. The molecular weight excluding hydrogens is 246 g/mol. The number of aromatic amines is 1. The zero-order chi connectivity index (χ0) is 13.7. The van der Waals surface area contributed by atoms with Crippen molar-refractivity contribution in [3.05, 3.63) is 35.7 Å². The Bertz CT molecular complexity index is 567. The number of benzene rings is 1. The molecule has 4 N–H and O–H groups in total. The Kier molecular flexibility index (Phi) is 3.97. The normalized spacial score (nSPS) is 10.2. The lowest BCUT2D eigenvalue weighted by Crippen LogP contribution is -2.26. The second-order valence-electron chi connectivity index (χ2n) is 3.90. The number of H-pyrrole nitrogens is 1. The SMILES string of the molecule is COc1cccc(CCNC(=O)c2nc(N)n[nH]2)c1. The molecule has 1 heterocycles. The minimum absolute atomic E-state index is 0.0537. The molecule has 0 unspecified atom stereocenters. The van der Waals surface area contributed by atoms with Crippen molar-refractivity contribution in [1.29, 1.82) is 0 Å². The molecule has 100 valence electrons. The predicted octanol–water partition coefficient (Wildman–Crippen LogP) is 0.368. The highest BCUT2D eigenvalue weighted by atomic mass is 16.5. The van der Waals surface area contributed by atoms with Crippen LogP contribution in [0.15, 0.2) is 24.3 Å². The summed E-state index contributed by atoms with van der Waals surface area (Å²) >= 11 is 0. The van der Waals surface area contributed by atoms with Crippen LogP contribution in [-0.2, 0) is 6.42 Å². The lowest BCUT2D eigenvalue weighted by atomic mass is 10.1. The summed E-state index contributed by atoms with van der Waals surface area (Å²) in [5.74, 6) is 0.639. The number of aromatic nitrogens is 3. The van der Waals surface area contributed by atoms with E-state index in [1.807, 2.05) is 24.3 Å². The zero-order valence-electron chi connectivity index (χ0n) is 10.5. The fourth-order valence-corrected chi connectivity index (χ4v) is 1.61. The van der Waals surface area contributed by atoms with Crippen molar-refractivity contribution >= 4 is 11.9 Å². The molecule has 7 heteroatoms. The number of nitrogens with one attached hydrogen (secondary N) is 2. The third-order valence-electron chi connectivity index (χ3n) is 2.55. The van der Waals surface area contributed by atoms with Gasteiger partial charge in [0.05, 0.1) is 7.11 Å². The topological polar surface area (TPSA) is 106 Å². The number of amides is 1. The first-order valence-corrected chi connectivity index (χ1v) is 5.78. The maximum absolute atomic E-state index is 11.6. The number of carbonyl (C=O) groups is 1. The highest BCUT2D eigenvalue weighted by Crippen LogP contribution is 2.12. The van der Waals surface area contributed by atoms with Crippen LogP contribution < -0.4 is 15.8 Å². The van der Waals surface area contributed by atoms with Gasteiger partial charge in [-0.3, -0.25) is 9.89 Å². The highest BCUT2D eigenvalue weighted by molar-refractivity contribution is 5.90. The first kappa shape index (κ1) is 12.9. The minimum atomic E-state index is -0.327. The van der Waals surface area contributed by atoms with Crippen molar-refractivity contribution in [2.24, 2.45) is 0 Å². The number of nitrogen functional groups attached to an aromatic ring is 1. The molecule has 0 fully saturated rings. The molecule has 0 spiro atoms. The number of nitrogens with zero attached hydrogens (tertiary/aromatic N) is 2. The van der Waals surface area contributed by atoms with E-state index in [1.54, 1.807) is 7.11 Å². The second-order valence-corrected chi connectivity index (χ2v) is 3.90. The number of ether oxygens (including phenoxy) is 1. The monoisotopic (exact) mass is 261 g/mol. The lowest BCUT2D eigenvalue weighted by Gasteiger charge is -2.05. The van der Waals surface area contributed by atoms with E-state index < -0.39 is 0 Å². The van der Waals surface area contributed by atoms with Crippen LogP contribution in [0.1, 0.15) is 16.2 Å². The largest absolute Gasteiger partial charge is 0.497 e. The molecule has 19 heavy (non-hydrogen) atoms. The molecule has 0 aliphatic rings. The van der Waals surface area contributed by atoms with Gasteiger partial charge in [-0.1, -0.05) is 12.1 Å². The number of methoxy groups -OCH3 is 1. The Morgan fingerprint density at radius 1 is 1.53 bits per heavy atom. The Morgan fingerprint density at radius 3 is 3.05 bits per heavy atom. The average molecular weight is 261 g/mol. The van der Waals surface area contributed by atoms with Gasteiger partial charge in [-0.05, 0) is 24.1 Å². The van der Waals surface area contributed by atoms with E-state index in [-0.39, 0.29) is 17.7 Å². The molecule has 1 amide bonds. The van der Waals surface area contributed by atoms with Gasteiger partial charge in [0.25, 0.3) is 5.91 Å². The zero-order valence-corrected chi connectivity index (χ0v) is 10.5. The minimum Gasteiger partial charge on any atom is -0.497 e. The number of rotatable bonds is 5. The highest BCUT2D eigenvalue weighted by Gasteiger charge is 2.09. The lowest BCUT2D eigenvalue weighted by molar-refractivity contribution is 0.0944. The van der Waals surface area contributed by atoms with Crippen LogP contribution in [0.3, 0.4) is 0 Å². The van der Waals surface area contributed by atoms with Crippen molar-refractivity contribution < 1.29 is 9.53 Å². The van der Waals surface area contributed by atoms with Crippen LogP contribution in [0, 0.1) is 0 Å². The van der Waals surface area contributed by atoms with Crippen LogP contribution in [-0.4, -0.2) is 34.7 Å². The van der Waals surface area contributed by atoms with Crippen molar-refractivity contribution in [2.75, 3.05) is 19.4 Å². The first-order chi connectivity index (χ1) is 9.19. The van der Waals surface area contributed by atoms with E-state index in [4.69, 9.17) is 10.5 Å². The molecule has 0 saturated heterocycles. The number of hydrogen-bond donors (Lipinski definition) is 3. The van der Waals surface area contributed by atoms with Crippen LogP contribution in [0.5, 0.6) is 5.75 Å². The van der Waals surface area contributed by atoms with Crippen LogP contribution in [0.4, 0.5) is 5.95 Å². The maximum Gasteiger partial charge on any atom is 0.288 e. The predicted molar refractivity (Wildman–Crippen MR) is 69.8 cm³/mol. The van der Waals surface area contributed by atoms with Gasteiger partial charge in [0.15, 0.2) is 0 Å². The molecule has 0 radical (unpaired) electrons. The van der Waals surface area contributed by atoms with E-state index in [1.165, 1.54) is 0 Å². The van der Waals surface area contributed by atoms with Gasteiger partial charge in [-0.25, -0.2) is 0 Å². The summed E-state index contributed by atoms with van der Waals surface area (Å²) in [4.78, 5) is 15.4. The number of carbonyl (C=O) groups excluding carboxylic acids is 1. The summed E-state index contributed by atoms with van der Waals surface area (Å²) in [6, 6.07) is 7.69. The van der Waals surface area contributed by atoms with Crippen molar-refractivity contribution in [1.82, 2.24) is 20.5 Å².